The lowest BCUT2D eigenvalue weighted by Crippen LogP contribution is -2.46. The monoisotopic (exact) mass is 308 g/mol. The van der Waals surface area contributed by atoms with Crippen molar-refractivity contribution in [3.05, 3.63) is 38.9 Å². The number of nitro benzene ring substituents is 1. The van der Waals surface area contributed by atoms with Gasteiger partial charge in [-0.3, -0.25) is 15.0 Å². The van der Waals surface area contributed by atoms with Crippen LogP contribution in [0.25, 0.3) is 0 Å². The van der Waals surface area contributed by atoms with Crippen LogP contribution in [0.2, 0.25) is 5.02 Å². The summed E-state index contributed by atoms with van der Waals surface area (Å²) in [5.74, 6) is 0.810. The minimum atomic E-state index is -0.348. The van der Waals surface area contributed by atoms with Gasteiger partial charge in [0.25, 0.3) is 5.69 Å². The van der Waals surface area contributed by atoms with Gasteiger partial charge < -0.3 is 0 Å². The highest BCUT2D eigenvalue weighted by Gasteiger charge is 2.33. The summed E-state index contributed by atoms with van der Waals surface area (Å²) in [6.45, 7) is 1.82. The number of benzene rings is 1. The third kappa shape index (κ3) is 3.22. The normalized spacial score (nSPS) is 26.3. The quantitative estimate of drug-likeness (QED) is 0.614. The molecular weight excluding hydrogens is 288 g/mol. The summed E-state index contributed by atoms with van der Waals surface area (Å²) in [6, 6.07) is 5.40. The zero-order valence-electron chi connectivity index (χ0n) is 12.1. The van der Waals surface area contributed by atoms with Crippen LogP contribution in [0.15, 0.2) is 18.2 Å². The largest absolute Gasteiger partial charge is 0.296 e. The lowest BCUT2D eigenvalue weighted by atomic mass is 9.78. The molecule has 114 valence electrons. The summed E-state index contributed by atoms with van der Waals surface area (Å²) in [6.07, 6.45) is 7.82. The summed E-state index contributed by atoms with van der Waals surface area (Å²) in [7, 11) is 0. The van der Waals surface area contributed by atoms with Crippen molar-refractivity contribution in [3.63, 3.8) is 0 Å². The summed E-state index contributed by atoms with van der Waals surface area (Å²) in [5.41, 5.74) is 1.02. The van der Waals surface area contributed by atoms with Crippen molar-refractivity contribution in [1.82, 2.24) is 4.90 Å². The van der Waals surface area contributed by atoms with Crippen LogP contribution in [0.1, 0.15) is 44.1 Å². The van der Waals surface area contributed by atoms with Gasteiger partial charge in [0.05, 0.1) is 4.92 Å². The Balaban J connectivity index is 1.78. The molecule has 0 unspecified atom stereocenters. The fraction of sp³-hybridized carbons (Fsp3) is 0.625. The number of hydrogen-bond donors (Lipinski definition) is 0. The van der Waals surface area contributed by atoms with E-state index in [4.69, 9.17) is 11.6 Å². The van der Waals surface area contributed by atoms with Gasteiger partial charge in [0.2, 0.25) is 0 Å². The molecule has 2 fully saturated rings. The fourth-order valence-corrected chi connectivity index (χ4v) is 4.12. The van der Waals surface area contributed by atoms with Crippen molar-refractivity contribution in [2.45, 2.75) is 51.1 Å². The molecule has 0 aromatic heterocycles. The Labute approximate surface area is 130 Å². The van der Waals surface area contributed by atoms with Crippen LogP contribution >= 0.6 is 11.6 Å². The van der Waals surface area contributed by atoms with Gasteiger partial charge in [0, 0.05) is 29.7 Å². The predicted molar refractivity (Wildman–Crippen MR) is 83.5 cm³/mol. The molecule has 4 nitrogen and oxygen atoms in total. The third-order valence-electron chi connectivity index (χ3n) is 4.97. The number of halogens is 1. The van der Waals surface area contributed by atoms with Crippen LogP contribution in [-0.4, -0.2) is 22.4 Å². The molecule has 1 aliphatic heterocycles. The maximum absolute atomic E-state index is 10.9. The molecule has 5 heteroatoms. The molecule has 3 rings (SSSR count). The molecule has 0 bridgehead atoms. The van der Waals surface area contributed by atoms with E-state index >= 15 is 0 Å². The molecule has 1 heterocycles. The first-order valence-electron chi connectivity index (χ1n) is 7.82. The maximum Gasteiger partial charge on any atom is 0.269 e. The first-order chi connectivity index (χ1) is 10.1. The Morgan fingerprint density at radius 2 is 2.00 bits per heavy atom. The average molecular weight is 309 g/mol. The van der Waals surface area contributed by atoms with Gasteiger partial charge in [-0.25, -0.2) is 0 Å². The van der Waals surface area contributed by atoms with Gasteiger partial charge in [-0.05, 0) is 49.8 Å². The van der Waals surface area contributed by atoms with Gasteiger partial charge in [0.15, 0.2) is 0 Å². The second-order valence-corrected chi connectivity index (χ2v) is 6.66. The molecule has 0 radical (unpaired) electrons. The van der Waals surface area contributed by atoms with E-state index in [0.29, 0.717) is 11.1 Å². The molecule has 21 heavy (non-hydrogen) atoms. The molecular formula is C16H21ClN2O2. The summed E-state index contributed by atoms with van der Waals surface area (Å²) < 4.78 is 0. The van der Waals surface area contributed by atoms with E-state index < -0.39 is 0 Å². The Kier molecular flexibility index (Phi) is 4.45. The Morgan fingerprint density at radius 3 is 2.81 bits per heavy atom. The number of nitrogens with zero attached hydrogens (tertiary/aromatic N) is 2. The summed E-state index contributed by atoms with van der Waals surface area (Å²) >= 11 is 6.25. The van der Waals surface area contributed by atoms with Crippen molar-refractivity contribution >= 4 is 17.3 Å². The van der Waals surface area contributed by atoms with Gasteiger partial charge in [0.1, 0.15) is 0 Å². The standard InChI is InChI=1S/C16H21ClN2O2/c17-15-8-7-14(19(20)21)10-13(15)11-18-9-3-5-12-4-1-2-6-16(12)18/h7-8,10,12,16H,1-6,9,11H2/t12-,16-/m1/s1. The van der Waals surface area contributed by atoms with Crippen LogP contribution < -0.4 is 0 Å². The molecule has 1 aliphatic carbocycles. The van der Waals surface area contributed by atoms with E-state index in [9.17, 15) is 10.1 Å². The first-order valence-corrected chi connectivity index (χ1v) is 8.20. The lowest BCUT2D eigenvalue weighted by molar-refractivity contribution is -0.384. The van der Waals surface area contributed by atoms with Gasteiger partial charge in [-0.2, -0.15) is 0 Å². The summed E-state index contributed by atoms with van der Waals surface area (Å²) in [5, 5.41) is 11.6. The average Bonchev–Trinajstić information content (AvgIpc) is 2.49. The van der Waals surface area contributed by atoms with E-state index in [2.05, 4.69) is 4.90 Å². The van der Waals surface area contributed by atoms with E-state index in [1.165, 1.54) is 44.6 Å². The van der Waals surface area contributed by atoms with Crippen molar-refractivity contribution < 1.29 is 4.92 Å². The molecule has 1 aromatic rings. The first kappa shape index (κ1) is 14.8. The molecule has 1 saturated heterocycles. The molecule has 2 aliphatic rings. The molecule has 0 N–H and O–H groups in total. The molecule has 0 amide bonds. The SMILES string of the molecule is O=[N+]([O-])c1ccc(Cl)c(CN2CCC[C@H]3CCCC[C@H]32)c1. The van der Waals surface area contributed by atoms with E-state index in [0.717, 1.165) is 24.6 Å². The van der Waals surface area contributed by atoms with Gasteiger partial charge >= 0.3 is 0 Å². The highest BCUT2D eigenvalue weighted by Crippen LogP contribution is 2.36. The number of nitro groups is 1. The van der Waals surface area contributed by atoms with Crippen LogP contribution in [0.4, 0.5) is 5.69 Å². The number of piperidine rings is 1. The minimum Gasteiger partial charge on any atom is -0.296 e. The van der Waals surface area contributed by atoms with Crippen LogP contribution in [-0.2, 0) is 6.54 Å². The highest BCUT2D eigenvalue weighted by atomic mass is 35.5. The Bertz CT molecular complexity index is 533. The zero-order valence-corrected chi connectivity index (χ0v) is 12.9. The molecule has 1 aromatic carbocycles. The Morgan fingerprint density at radius 1 is 1.24 bits per heavy atom. The minimum absolute atomic E-state index is 0.131. The number of non-ortho nitro benzene ring substituents is 1. The lowest BCUT2D eigenvalue weighted by Gasteiger charge is -2.44. The van der Waals surface area contributed by atoms with Crippen LogP contribution in [0.3, 0.4) is 0 Å². The number of hydrogen-bond acceptors (Lipinski definition) is 3. The van der Waals surface area contributed by atoms with E-state index in [-0.39, 0.29) is 10.6 Å². The van der Waals surface area contributed by atoms with Crippen molar-refractivity contribution in [2.24, 2.45) is 5.92 Å². The second-order valence-electron chi connectivity index (χ2n) is 6.26. The van der Waals surface area contributed by atoms with E-state index in [1.807, 2.05) is 0 Å². The third-order valence-corrected chi connectivity index (χ3v) is 5.34. The molecule has 1 saturated carbocycles. The second kappa shape index (κ2) is 6.32. The molecule has 2 atom stereocenters. The fourth-order valence-electron chi connectivity index (χ4n) is 3.94. The molecule has 0 spiro atoms. The highest BCUT2D eigenvalue weighted by molar-refractivity contribution is 6.31. The maximum atomic E-state index is 10.9. The van der Waals surface area contributed by atoms with Crippen molar-refractivity contribution in [2.75, 3.05) is 6.54 Å². The topological polar surface area (TPSA) is 46.4 Å². The van der Waals surface area contributed by atoms with Crippen LogP contribution in [0.5, 0.6) is 0 Å². The van der Waals surface area contributed by atoms with E-state index in [1.54, 1.807) is 12.1 Å². The van der Waals surface area contributed by atoms with Crippen LogP contribution in [0, 0.1) is 16.0 Å². The number of fused-ring (bicyclic) bond motifs is 1. The smallest absolute Gasteiger partial charge is 0.269 e. The Hall–Kier alpha value is -1.13. The number of rotatable bonds is 3. The van der Waals surface area contributed by atoms with Crippen molar-refractivity contribution in [1.29, 1.82) is 0 Å². The van der Waals surface area contributed by atoms with Gasteiger partial charge in [-0.1, -0.05) is 24.4 Å². The van der Waals surface area contributed by atoms with Gasteiger partial charge in [-0.15, -0.1) is 0 Å². The summed E-state index contributed by atoms with van der Waals surface area (Å²) in [4.78, 5) is 13.1. The predicted octanol–water partition coefficient (Wildman–Crippen LogP) is 4.40. The van der Waals surface area contributed by atoms with Crippen molar-refractivity contribution in [3.8, 4) is 0 Å². The zero-order chi connectivity index (χ0) is 14.8. The number of likely N-dealkylation sites (tertiary alicyclic amines) is 1.